The Kier molecular flexibility index (Phi) is 31.9. The van der Waals surface area contributed by atoms with Gasteiger partial charge in [0.05, 0.1) is 26.4 Å². The summed E-state index contributed by atoms with van der Waals surface area (Å²) >= 11 is 0. The van der Waals surface area contributed by atoms with Crippen LogP contribution in [-0.4, -0.2) is 95.4 Å². The number of urea groups is 2. The van der Waals surface area contributed by atoms with Gasteiger partial charge in [0.2, 0.25) is 11.9 Å². The van der Waals surface area contributed by atoms with Gasteiger partial charge in [-0.05, 0) is 83.0 Å². The van der Waals surface area contributed by atoms with Crippen molar-refractivity contribution in [3.05, 3.63) is 44.7 Å². The number of hydrogen-bond acceptors (Lipinski definition) is 14. The van der Waals surface area contributed by atoms with Crippen LogP contribution >= 0.6 is 0 Å². The summed E-state index contributed by atoms with van der Waals surface area (Å²) in [5.41, 5.74) is -0.169. The molecule has 2 atom stereocenters. The minimum Gasteiger partial charge on any atom is -0.466 e. The van der Waals surface area contributed by atoms with E-state index in [0.717, 1.165) is 96.3 Å². The van der Waals surface area contributed by atoms with Gasteiger partial charge in [0.15, 0.2) is 0 Å². The quantitative estimate of drug-likeness (QED) is 0.0216. The SMILES string of the molecule is Cc1cc(=O)[nH]c(NC(=O)NCCCCCCCC(=O)OCCC(C)CCC(=O)OCCCCCCCOC(=O)CCC(C)CCOC(=O)CCCCCCCNC(=O)Nc2nccc(=O)[nH]2)n1. The Bertz CT molecular complexity index is 1890. The van der Waals surface area contributed by atoms with E-state index < -0.39 is 12.1 Å². The van der Waals surface area contributed by atoms with Crippen LogP contribution in [-0.2, 0) is 38.1 Å². The van der Waals surface area contributed by atoms with Gasteiger partial charge < -0.3 is 29.6 Å². The monoisotopic (exact) mass is 959 g/mol. The molecule has 0 aliphatic carbocycles. The van der Waals surface area contributed by atoms with E-state index in [1.165, 1.54) is 18.3 Å². The van der Waals surface area contributed by atoms with Crippen LogP contribution in [0.5, 0.6) is 0 Å². The maximum Gasteiger partial charge on any atom is 0.321 e. The van der Waals surface area contributed by atoms with Crippen molar-refractivity contribution in [2.45, 2.75) is 168 Å². The lowest BCUT2D eigenvalue weighted by atomic mass is 10.0. The number of esters is 4. The van der Waals surface area contributed by atoms with Gasteiger partial charge in [0.25, 0.3) is 11.1 Å². The molecular formula is C48H78N8O12. The van der Waals surface area contributed by atoms with Crippen molar-refractivity contribution in [2.24, 2.45) is 11.8 Å². The number of anilines is 2. The fourth-order valence-electron chi connectivity index (χ4n) is 6.79. The van der Waals surface area contributed by atoms with Gasteiger partial charge in [-0.25, -0.2) is 19.6 Å². The molecule has 68 heavy (non-hydrogen) atoms. The van der Waals surface area contributed by atoms with E-state index in [2.05, 4.69) is 41.2 Å². The Balaban J connectivity index is 1.29. The van der Waals surface area contributed by atoms with E-state index >= 15 is 0 Å². The smallest absolute Gasteiger partial charge is 0.321 e. The van der Waals surface area contributed by atoms with Crippen molar-refractivity contribution in [3.63, 3.8) is 0 Å². The molecule has 20 heteroatoms. The zero-order valence-corrected chi connectivity index (χ0v) is 40.7. The lowest BCUT2D eigenvalue weighted by molar-refractivity contribution is -0.146. The predicted molar refractivity (Wildman–Crippen MR) is 257 cm³/mol. The highest BCUT2D eigenvalue weighted by molar-refractivity contribution is 5.87. The standard InChI is InChI=1S/C48H78N8O12/c1-36(26-33-67-41(59)19-13-7-4-9-15-28-50-47(63)55-45-49-30-25-39(57)53-45)21-23-43(61)65-31-17-11-6-12-18-32-66-44(62)24-22-37(2)27-34-68-42(60)20-14-8-5-10-16-29-51-48(64)56-46-52-38(3)35-40(58)54-46/h25,30,35-37H,4-24,26-29,31-34H2,1-3H3,(H3,49,50,53,55,57,63)(H3,51,52,54,56,58,64). The third-order valence-electron chi connectivity index (χ3n) is 10.9. The van der Waals surface area contributed by atoms with Crippen molar-refractivity contribution in [3.8, 4) is 0 Å². The Morgan fingerprint density at radius 1 is 0.515 bits per heavy atom. The van der Waals surface area contributed by atoms with Crippen LogP contribution in [0.4, 0.5) is 21.5 Å². The third kappa shape index (κ3) is 32.8. The lowest BCUT2D eigenvalue weighted by Crippen LogP contribution is -2.31. The van der Waals surface area contributed by atoms with Crippen molar-refractivity contribution < 1.29 is 47.7 Å². The van der Waals surface area contributed by atoms with Gasteiger partial charge >= 0.3 is 35.9 Å². The summed E-state index contributed by atoms with van der Waals surface area (Å²) in [6.07, 6.45) is 18.3. The Morgan fingerprint density at radius 3 is 1.41 bits per heavy atom. The molecule has 0 aromatic carbocycles. The average Bonchev–Trinajstić information content (AvgIpc) is 3.28. The largest absolute Gasteiger partial charge is 0.466 e. The van der Waals surface area contributed by atoms with Crippen LogP contribution in [0.25, 0.3) is 0 Å². The van der Waals surface area contributed by atoms with E-state index in [0.29, 0.717) is 96.6 Å². The average molecular weight is 959 g/mol. The fourth-order valence-corrected chi connectivity index (χ4v) is 6.79. The van der Waals surface area contributed by atoms with Gasteiger partial charge in [-0.1, -0.05) is 71.6 Å². The molecule has 6 N–H and O–H groups in total. The number of ether oxygens (including phenoxy) is 4. The number of hydrogen-bond donors (Lipinski definition) is 6. The molecular weight excluding hydrogens is 881 g/mol. The molecule has 0 spiro atoms. The lowest BCUT2D eigenvalue weighted by Gasteiger charge is -2.12. The van der Waals surface area contributed by atoms with E-state index in [4.69, 9.17) is 18.9 Å². The van der Waals surface area contributed by atoms with E-state index in [-0.39, 0.29) is 58.7 Å². The van der Waals surface area contributed by atoms with Crippen LogP contribution < -0.4 is 32.4 Å². The van der Waals surface area contributed by atoms with Gasteiger partial charge in [-0.2, -0.15) is 0 Å². The second-order valence-corrected chi connectivity index (χ2v) is 17.3. The van der Waals surface area contributed by atoms with Crippen LogP contribution in [0.2, 0.25) is 0 Å². The van der Waals surface area contributed by atoms with Crippen LogP contribution in [0.3, 0.4) is 0 Å². The van der Waals surface area contributed by atoms with Crippen molar-refractivity contribution in [1.82, 2.24) is 30.6 Å². The van der Waals surface area contributed by atoms with E-state index in [1.807, 2.05) is 13.8 Å². The number of rotatable bonds is 38. The summed E-state index contributed by atoms with van der Waals surface area (Å²) in [5, 5.41) is 10.4. The minimum absolute atomic E-state index is 0.0881. The molecule has 2 heterocycles. The number of aryl methyl sites for hydroxylation is 1. The number of nitrogens with zero attached hydrogens (tertiary/aromatic N) is 2. The van der Waals surface area contributed by atoms with Crippen molar-refractivity contribution in [1.29, 1.82) is 0 Å². The molecule has 2 unspecified atom stereocenters. The first-order valence-corrected chi connectivity index (χ1v) is 24.6. The number of carbonyl (C=O) groups is 6. The highest BCUT2D eigenvalue weighted by Gasteiger charge is 2.12. The molecule has 0 saturated heterocycles. The third-order valence-corrected chi connectivity index (χ3v) is 10.9. The molecule has 0 saturated carbocycles. The zero-order chi connectivity index (χ0) is 49.6. The molecule has 382 valence electrons. The van der Waals surface area contributed by atoms with Crippen LogP contribution in [0.15, 0.2) is 27.9 Å². The highest BCUT2D eigenvalue weighted by Crippen LogP contribution is 2.15. The van der Waals surface area contributed by atoms with Gasteiger partial charge in [0, 0.05) is 62.8 Å². The second kappa shape index (κ2) is 37.2. The molecule has 2 rings (SSSR count). The zero-order valence-electron chi connectivity index (χ0n) is 40.7. The summed E-state index contributed by atoms with van der Waals surface area (Å²) in [7, 11) is 0. The molecule has 0 radical (unpaired) electrons. The first-order chi connectivity index (χ1) is 32.8. The van der Waals surface area contributed by atoms with Crippen molar-refractivity contribution in [2.75, 3.05) is 50.2 Å². The summed E-state index contributed by atoms with van der Waals surface area (Å²) in [4.78, 5) is 108. The first-order valence-electron chi connectivity index (χ1n) is 24.6. The number of H-pyrrole nitrogens is 2. The molecule has 0 fully saturated rings. The van der Waals surface area contributed by atoms with Gasteiger partial charge in [-0.15, -0.1) is 0 Å². The van der Waals surface area contributed by atoms with Crippen LogP contribution in [0, 0.1) is 18.8 Å². The Labute approximate surface area is 400 Å². The Hall–Kier alpha value is -5.82. The molecule has 0 aliphatic rings. The maximum absolute atomic E-state index is 12.2. The molecule has 2 aromatic heterocycles. The molecule has 20 nitrogen and oxygen atoms in total. The van der Waals surface area contributed by atoms with Gasteiger partial charge in [-0.3, -0.25) is 49.4 Å². The van der Waals surface area contributed by atoms with E-state index in [9.17, 15) is 38.4 Å². The Morgan fingerprint density at radius 2 is 0.926 bits per heavy atom. The topological polar surface area (TPSA) is 279 Å². The summed E-state index contributed by atoms with van der Waals surface area (Å²) in [6.45, 7) is 8.11. The van der Waals surface area contributed by atoms with Gasteiger partial charge in [0.1, 0.15) is 0 Å². The maximum atomic E-state index is 12.2. The number of aromatic amines is 2. The molecule has 4 amide bonds. The number of carbonyl (C=O) groups excluding carboxylic acids is 6. The number of unbranched alkanes of at least 4 members (excludes halogenated alkanes) is 12. The number of amides is 4. The predicted octanol–water partition coefficient (Wildman–Crippen LogP) is 7.52. The number of nitrogens with one attached hydrogen (secondary N) is 6. The minimum atomic E-state index is -0.438. The summed E-state index contributed by atoms with van der Waals surface area (Å²) in [6, 6.07) is 1.73. The molecule has 0 aliphatic heterocycles. The first kappa shape index (κ1) is 58.3. The van der Waals surface area contributed by atoms with Crippen LogP contribution in [0.1, 0.15) is 167 Å². The number of aromatic nitrogens is 4. The normalized spacial score (nSPS) is 11.8. The summed E-state index contributed by atoms with van der Waals surface area (Å²) < 4.78 is 21.5. The van der Waals surface area contributed by atoms with Crippen molar-refractivity contribution >= 4 is 47.8 Å². The molecule has 2 aromatic rings. The summed E-state index contributed by atoms with van der Waals surface area (Å²) in [5.74, 6) is -0.246. The molecule has 0 bridgehead atoms. The fraction of sp³-hybridized carbons (Fsp3) is 0.708. The highest BCUT2D eigenvalue weighted by atomic mass is 16.5. The van der Waals surface area contributed by atoms with E-state index in [1.54, 1.807) is 6.92 Å². The second-order valence-electron chi connectivity index (χ2n) is 17.3.